The van der Waals surface area contributed by atoms with Gasteiger partial charge < -0.3 is 10.4 Å². The Kier molecular flexibility index (Phi) is 2.23. The van der Waals surface area contributed by atoms with Crippen LogP contribution in [0.25, 0.3) is 0 Å². The van der Waals surface area contributed by atoms with Gasteiger partial charge in [0.2, 0.25) is 0 Å². The van der Waals surface area contributed by atoms with Gasteiger partial charge in [-0.2, -0.15) is 0 Å². The number of fused-ring (bicyclic) bond motifs is 1. The van der Waals surface area contributed by atoms with E-state index in [0.29, 0.717) is 0 Å². The first-order valence-corrected chi connectivity index (χ1v) is 4.82. The van der Waals surface area contributed by atoms with E-state index in [1.54, 1.807) is 6.92 Å². The van der Waals surface area contributed by atoms with Gasteiger partial charge in [-0.1, -0.05) is 12.1 Å². The van der Waals surface area contributed by atoms with Gasteiger partial charge in [0.15, 0.2) is 0 Å². The summed E-state index contributed by atoms with van der Waals surface area (Å²) in [5, 5.41) is 12.7. The predicted octanol–water partition coefficient (Wildman–Crippen LogP) is 2.10. The molecule has 0 amide bonds. The number of aliphatic hydroxyl groups excluding tert-OH is 1. The van der Waals surface area contributed by atoms with Crippen LogP contribution < -0.4 is 5.32 Å². The smallest absolute Gasteiger partial charge is 0.0762 e. The molecule has 1 aromatic carbocycles. The van der Waals surface area contributed by atoms with Crippen molar-refractivity contribution in [3.05, 3.63) is 29.3 Å². The van der Waals surface area contributed by atoms with Gasteiger partial charge in [0.1, 0.15) is 0 Å². The first kappa shape index (κ1) is 8.57. The standard InChI is InChI=1S/C11H15NO/c1-8(13)10-5-4-9-3-2-6-12-11(9)7-10/h4-5,7-8,12-13H,2-3,6H2,1H3/t8-/m0/s1. The van der Waals surface area contributed by atoms with Crippen LogP contribution in [0, 0.1) is 0 Å². The molecular formula is C11H15NO. The molecule has 2 rings (SSSR count). The minimum absolute atomic E-state index is 0.367. The van der Waals surface area contributed by atoms with Crippen LogP contribution in [-0.4, -0.2) is 11.7 Å². The Hall–Kier alpha value is -1.02. The molecular weight excluding hydrogens is 162 g/mol. The summed E-state index contributed by atoms with van der Waals surface area (Å²) in [6, 6.07) is 6.18. The van der Waals surface area contributed by atoms with Crippen LogP contribution in [-0.2, 0) is 6.42 Å². The number of anilines is 1. The van der Waals surface area contributed by atoms with E-state index in [-0.39, 0.29) is 6.10 Å². The monoisotopic (exact) mass is 177 g/mol. The van der Waals surface area contributed by atoms with E-state index in [1.807, 2.05) is 6.07 Å². The summed E-state index contributed by atoms with van der Waals surface area (Å²) in [4.78, 5) is 0. The van der Waals surface area contributed by atoms with Gasteiger partial charge in [0.05, 0.1) is 6.10 Å². The summed E-state index contributed by atoms with van der Waals surface area (Å²) in [5.74, 6) is 0. The zero-order valence-electron chi connectivity index (χ0n) is 7.88. The molecule has 0 bridgehead atoms. The Morgan fingerprint density at radius 1 is 1.46 bits per heavy atom. The van der Waals surface area contributed by atoms with Gasteiger partial charge in [-0.3, -0.25) is 0 Å². The number of aryl methyl sites for hydroxylation is 1. The van der Waals surface area contributed by atoms with Crippen molar-refractivity contribution >= 4 is 5.69 Å². The van der Waals surface area contributed by atoms with Gasteiger partial charge in [0, 0.05) is 12.2 Å². The van der Waals surface area contributed by atoms with Gasteiger partial charge in [-0.25, -0.2) is 0 Å². The fourth-order valence-electron chi connectivity index (χ4n) is 1.74. The average Bonchev–Trinajstić information content (AvgIpc) is 2.17. The normalized spacial score (nSPS) is 17.4. The Morgan fingerprint density at radius 3 is 3.08 bits per heavy atom. The molecule has 0 spiro atoms. The van der Waals surface area contributed by atoms with E-state index in [2.05, 4.69) is 17.4 Å². The predicted molar refractivity (Wildman–Crippen MR) is 53.9 cm³/mol. The van der Waals surface area contributed by atoms with Crippen molar-refractivity contribution in [1.82, 2.24) is 0 Å². The zero-order valence-corrected chi connectivity index (χ0v) is 7.88. The largest absolute Gasteiger partial charge is 0.389 e. The van der Waals surface area contributed by atoms with Gasteiger partial charge in [-0.15, -0.1) is 0 Å². The molecule has 1 aliphatic heterocycles. The molecule has 0 aliphatic carbocycles. The van der Waals surface area contributed by atoms with E-state index in [4.69, 9.17) is 0 Å². The topological polar surface area (TPSA) is 32.3 Å². The van der Waals surface area contributed by atoms with Crippen LogP contribution in [0.4, 0.5) is 5.69 Å². The molecule has 0 aromatic heterocycles. The molecule has 1 aliphatic rings. The average molecular weight is 177 g/mol. The van der Waals surface area contributed by atoms with Crippen LogP contribution in [0.5, 0.6) is 0 Å². The molecule has 0 saturated heterocycles. The lowest BCUT2D eigenvalue weighted by molar-refractivity contribution is 0.199. The van der Waals surface area contributed by atoms with Gasteiger partial charge >= 0.3 is 0 Å². The van der Waals surface area contributed by atoms with Crippen molar-refractivity contribution in [3.8, 4) is 0 Å². The van der Waals surface area contributed by atoms with Crippen molar-refractivity contribution < 1.29 is 5.11 Å². The highest BCUT2D eigenvalue weighted by Gasteiger charge is 2.09. The number of hydrogen-bond acceptors (Lipinski definition) is 2. The lowest BCUT2D eigenvalue weighted by Gasteiger charge is -2.19. The zero-order chi connectivity index (χ0) is 9.26. The highest BCUT2D eigenvalue weighted by molar-refractivity contribution is 5.55. The van der Waals surface area contributed by atoms with Crippen LogP contribution in [0.3, 0.4) is 0 Å². The van der Waals surface area contributed by atoms with Crippen molar-refractivity contribution in [2.24, 2.45) is 0 Å². The Balaban J connectivity index is 2.35. The SMILES string of the molecule is C[C@H](O)c1ccc2c(c1)NCCC2. The molecule has 2 N–H and O–H groups in total. The first-order chi connectivity index (χ1) is 6.27. The summed E-state index contributed by atoms with van der Waals surface area (Å²) >= 11 is 0. The van der Waals surface area contributed by atoms with Crippen LogP contribution in [0.2, 0.25) is 0 Å². The Morgan fingerprint density at radius 2 is 2.31 bits per heavy atom. The van der Waals surface area contributed by atoms with E-state index in [0.717, 1.165) is 18.5 Å². The molecule has 1 aromatic rings. The molecule has 70 valence electrons. The quantitative estimate of drug-likeness (QED) is 0.688. The molecule has 1 heterocycles. The fraction of sp³-hybridized carbons (Fsp3) is 0.455. The third-order valence-corrected chi connectivity index (χ3v) is 2.55. The van der Waals surface area contributed by atoms with Gasteiger partial charge in [0.25, 0.3) is 0 Å². The van der Waals surface area contributed by atoms with E-state index in [1.165, 1.54) is 17.7 Å². The fourth-order valence-corrected chi connectivity index (χ4v) is 1.74. The highest BCUT2D eigenvalue weighted by Crippen LogP contribution is 2.25. The minimum Gasteiger partial charge on any atom is -0.389 e. The Bertz CT molecular complexity index is 307. The molecule has 0 unspecified atom stereocenters. The summed E-state index contributed by atoms with van der Waals surface area (Å²) < 4.78 is 0. The van der Waals surface area contributed by atoms with E-state index < -0.39 is 0 Å². The third-order valence-electron chi connectivity index (χ3n) is 2.55. The lowest BCUT2D eigenvalue weighted by Crippen LogP contribution is -2.12. The maximum atomic E-state index is 9.40. The third kappa shape index (κ3) is 1.68. The van der Waals surface area contributed by atoms with Gasteiger partial charge in [-0.05, 0) is 37.0 Å². The molecule has 2 nitrogen and oxygen atoms in total. The molecule has 1 atom stereocenters. The minimum atomic E-state index is -0.367. The highest BCUT2D eigenvalue weighted by atomic mass is 16.3. The van der Waals surface area contributed by atoms with Crippen LogP contribution in [0.1, 0.15) is 30.6 Å². The number of hydrogen-bond donors (Lipinski definition) is 2. The second-order valence-corrected chi connectivity index (χ2v) is 3.62. The second kappa shape index (κ2) is 3.38. The first-order valence-electron chi connectivity index (χ1n) is 4.82. The molecule has 0 radical (unpaired) electrons. The van der Waals surface area contributed by atoms with E-state index >= 15 is 0 Å². The van der Waals surface area contributed by atoms with Crippen LogP contribution in [0.15, 0.2) is 18.2 Å². The van der Waals surface area contributed by atoms with Crippen molar-refractivity contribution in [3.63, 3.8) is 0 Å². The van der Waals surface area contributed by atoms with Crippen molar-refractivity contribution in [1.29, 1.82) is 0 Å². The maximum absolute atomic E-state index is 9.40. The number of benzene rings is 1. The van der Waals surface area contributed by atoms with Crippen LogP contribution >= 0.6 is 0 Å². The van der Waals surface area contributed by atoms with Crippen molar-refractivity contribution in [2.75, 3.05) is 11.9 Å². The van der Waals surface area contributed by atoms with E-state index in [9.17, 15) is 5.11 Å². The lowest BCUT2D eigenvalue weighted by atomic mass is 10.00. The molecule has 0 saturated carbocycles. The maximum Gasteiger partial charge on any atom is 0.0762 e. The summed E-state index contributed by atoms with van der Waals surface area (Å²) in [6.07, 6.45) is 2.00. The molecule has 13 heavy (non-hydrogen) atoms. The second-order valence-electron chi connectivity index (χ2n) is 3.62. The molecule has 0 fully saturated rings. The summed E-state index contributed by atoms with van der Waals surface area (Å²) in [5.41, 5.74) is 3.56. The molecule has 2 heteroatoms. The number of aliphatic hydroxyl groups is 1. The number of rotatable bonds is 1. The summed E-state index contributed by atoms with van der Waals surface area (Å²) in [6.45, 7) is 2.85. The summed E-state index contributed by atoms with van der Waals surface area (Å²) in [7, 11) is 0. The van der Waals surface area contributed by atoms with Crippen molar-refractivity contribution in [2.45, 2.75) is 25.9 Å². The Labute approximate surface area is 78.6 Å². The number of nitrogens with one attached hydrogen (secondary N) is 1.